The molecule has 0 saturated carbocycles. The molecular formula is C18H19F3N5OP. The predicted octanol–water partition coefficient (Wildman–Crippen LogP) is 3.28. The highest BCUT2D eigenvalue weighted by Crippen LogP contribution is 2.41. The molecule has 1 aliphatic heterocycles. The van der Waals surface area contributed by atoms with Gasteiger partial charge in [-0.05, 0) is 19.4 Å². The van der Waals surface area contributed by atoms with Crippen LogP contribution in [-0.2, 0) is 10.7 Å². The van der Waals surface area contributed by atoms with Crippen molar-refractivity contribution in [3.05, 3.63) is 36.2 Å². The van der Waals surface area contributed by atoms with Gasteiger partial charge in [-0.1, -0.05) is 12.1 Å². The van der Waals surface area contributed by atoms with E-state index in [2.05, 4.69) is 25.6 Å². The first-order valence-corrected chi connectivity index (χ1v) is 11.3. The van der Waals surface area contributed by atoms with Crippen LogP contribution < -0.4 is 15.9 Å². The van der Waals surface area contributed by atoms with E-state index >= 15 is 0 Å². The Balaban J connectivity index is 1.89. The van der Waals surface area contributed by atoms with Crippen LogP contribution in [0.2, 0.25) is 0 Å². The molecule has 0 bridgehead atoms. The average molecular weight is 409 g/mol. The SMILES string of the molecule is CP(C)(=O)c1cccc2c(-c3nc(NC4CNC4)ncc3C(F)(F)F)c[nH]c12. The summed E-state index contributed by atoms with van der Waals surface area (Å²) < 4.78 is 53.4. The summed E-state index contributed by atoms with van der Waals surface area (Å²) in [6.45, 7) is 4.67. The number of benzene rings is 1. The van der Waals surface area contributed by atoms with Gasteiger partial charge in [-0.25, -0.2) is 9.97 Å². The van der Waals surface area contributed by atoms with E-state index in [0.29, 0.717) is 34.9 Å². The van der Waals surface area contributed by atoms with Gasteiger partial charge in [0.05, 0.1) is 17.3 Å². The maximum atomic E-state index is 13.6. The maximum Gasteiger partial charge on any atom is 0.419 e. The van der Waals surface area contributed by atoms with Crippen molar-refractivity contribution in [3.63, 3.8) is 0 Å². The lowest BCUT2D eigenvalue weighted by Gasteiger charge is -2.28. The van der Waals surface area contributed by atoms with Crippen LogP contribution in [0.25, 0.3) is 22.2 Å². The third kappa shape index (κ3) is 3.40. The molecule has 6 nitrogen and oxygen atoms in total. The van der Waals surface area contributed by atoms with E-state index in [1.807, 2.05) is 0 Å². The molecule has 0 amide bonds. The number of fused-ring (bicyclic) bond motifs is 1. The highest BCUT2D eigenvalue weighted by molar-refractivity contribution is 7.70. The van der Waals surface area contributed by atoms with Crippen molar-refractivity contribution in [2.45, 2.75) is 12.2 Å². The number of nitrogens with zero attached hydrogens (tertiary/aromatic N) is 2. The molecule has 4 rings (SSSR count). The summed E-state index contributed by atoms with van der Waals surface area (Å²) >= 11 is 0. The van der Waals surface area contributed by atoms with Gasteiger partial charge in [0.1, 0.15) is 12.7 Å². The monoisotopic (exact) mass is 409 g/mol. The maximum absolute atomic E-state index is 13.6. The van der Waals surface area contributed by atoms with Gasteiger partial charge in [-0.2, -0.15) is 13.2 Å². The number of alkyl halides is 3. The van der Waals surface area contributed by atoms with E-state index in [4.69, 9.17) is 0 Å². The van der Waals surface area contributed by atoms with Crippen LogP contribution in [0.3, 0.4) is 0 Å². The number of para-hydroxylation sites is 1. The molecule has 1 aliphatic rings. The molecular weight excluding hydrogens is 390 g/mol. The van der Waals surface area contributed by atoms with Crippen LogP contribution in [0, 0.1) is 0 Å². The number of halogens is 3. The van der Waals surface area contributed by atoms with Crippen LogP contribution in [0.5, 0.6) is 0 Å². The summed E-state index contributed by atoms with van der Waals surface area (Å²) in [7, 11) is -2.62. The fourth-order valence-electron chi connectivity index (χ4n) is 3.22. The summed E-state index contributed by atoms with van der Waals surface area (Å²) in [5.41, 5.74) is -0.250. The quantitative estimate of drug-likeness (QED) is 0.576. The molecule has 1 fully saturated rings. The standard InChI is InChI=1S/C18H19F3N5OP/c1-28(2,27)14-5-3-4-11-12(8-23-16(11)14)15-13(18(19,20)21)9-24-17(26-15)25-10-6-22-7-10/h3-5,8-10,22-23H,6-7H2,1-2H3,(H,24,25,26). The number of aromatic amines is 1. The van der Waals surface area contributed by atoms with Gasteiger partial charge in [0.2, 0.25) is 5.95 Å². The zero-order chi connectivity index (χ0) is 20.1. The fourth-order valence-corrected chi connectivity index (χ4v) is 4.39. The average Bonchev–Trinajstić information content (AvgIpc) is 3.00. The number of anilines is 1. The highest BCUT2D eigenvalue weighted by atomic mass is 31.2. The topological polar surface area (TPSA) is 82.7 Å². The Hall–Kier alpha value is -2.38. The Morgan fingerprint density at radius 2 is 2.00 bits per heavy atom. The van der Waals surface area contributed by atoms with Crippen molar-refractivity contribution >= 4 is 29.3 Å². The zero-order valence-electron chi connectivity index (χ0n) is 15.3. The van der Waals surface area contributed by atoms with Crippen molar-refractivity contribution in [1.29, 1.82) is 0 Å². The van der Waals surface area contributed by atoms with Crippen molar-refractivity contribution in [2.24, 2.45) is 0 Å². The molecule has 3 heterocycles. The Kier molecular flexibility index (Phi) is 4.47. The molecule has 2 aromatic heterocycles. The normalized spacial score (nSPS) is 15.6. The summed E-state index contributed by atoms with van der Waals surface area (Å²) in [5.74, 6) is 0.150. The zero-order valence-corrected chi connectivity index (χ0v) is 16.2. The van der Waals surface area contributed by atoms with Gasteiger partial charge in [0.25, 0.3) is 0 Å². The highest BCUT2D eigenvalue weighted by Gasteiger charge is 2.36. The Morgan fingerprint density at radius 1 is 1.25 bits per heavy atom. The molecule has 0 atom stereocenters. The summed E-state index contributed by atoms with van der Waals surface area (Å²) in [6.07, 6.45) is -2.31. The van der Waals surface area contributed by atoms with E-state index in [-0.39, 0.29) is 17.7 Å². The summed E-state index contributed by atoms with van der Waals surface area (Å²) in [5, 5.41) is 7.25. The number of aromatic nitrogens is 3. The molecule has 3 N–H and O–H groups in total. The van der Waals surface area contributed by atoms with Crippen molar-refractivity contribution in [3.8, 4) is 11.3 Å². The number of H-pyrrole nitrogens is 1. The summed E-state index contributed by atoms with van der Waals surface area (Å²) in [4.78, 5) is 11.0. The number of hydrogen-bond acceptors (Lipinski definition) is 5. The van der Waals surface area contributed by atoms with E-state index < -0.39 is 18.9 Å². The van der Waals surface area contributed by atoms with E-state index in [1.165, 1.54) is 6.20 Å². The first-order chi connectivity index (χ1) is 13.1. The first-order valence-electron chi connectivity index (χ1n) is 8.72. The second kappa shape index (κ2) is 6.60. The molecule has 28 heavy (non-hydrogen) atoms. The van der Waals surface area contributed by atoms with Gasteiger partial charge in [-0.15, -0.1) is 0 Å². The Labute approximate surface area is 159 Å². The molecule has 148 valence electrons. The molecule has 0 aliphatic carbocycles. The van der Waals surface area contributed by atoms with Crippen LogP contribution >= 0.6 is 7.14 Å². The molecule has 0 radical (unpaired) electrons. The lowest BCUT2D eigenvalue weighted by Crippen LogP contribution is -2.51. The molecule has 0 spiro atoms. The summed E-state index contributed by atoms with van der Waals surface area (Å²) in [6, 6.07) is 5.21. The minimum atomic E-state index is -4.60. The van der Waals surface area contributed by atoms with Gasteiger partial charge in [0, 0.05) is 41.7 Å². The smallest absolute Gasteiger partial charge is 0.360 e. The predicted molar refractivity (Wildman–Crippen MR) is 104 cm³/mol. The lowest BCUT2D eigenvalue weighted by molar-refractivity contribution is -0.137. The number of rotatable bonds is 4. The van der Waals surface area contributed by atoms with Gasteiger partial charge in [-0.3, -0.25) is 0 Å². The molecule has 0 unspecified atom stereocenters. The van der Waals surface area contributed by atoms with Crippen molar-refractivity contribution in [1.82, 2.24) is 20.3 Å². The van der Waals surface area contributed by atoms with Crippen LogP contribution in [0.15, 0.2) is 30.6 Å². The van der Waals surface area contributed by atoms with Gasteiger partial charge < -0.3 is 20.2 Å². The first kappa shape index (κ1) is 19.0. The largest absolute Gasteiger partial charge is 0.419 e. The third-order valence-corrected chi connectivity index (χ3v) is 6.27. The second-order valence-corrected chi connectivity index (χ2v) is 10.4. The van der Waals surface area contributed by atoms with Gasteiger partial charge in [0.15, 0.2) is 0 Å². The Morgan fingerprint density at radius 3 is 2.61 bits per heavy atom. The van der Waals surface area contributed by atoms with E-state index in [9.17, 15) is 17.7 Å². The molecule has 3 aromatic rings. The van der Waals surface area contributed by atoms with Gasteiger partial charge >= 0.3 is 6.18 Å². The Bertz CT molecular complexity index is 1080. The van der Waals surface area contributed by atoms with E-state index in [0.717, 1.165) is 6.20 Å². The third-order valence-electron chi connectivity index (χ3n) is 4.74. The second-order valence-electron chi connectivity index (χ2n) is 7.21. The molecule has 1 aromatic carbocycles. The minimum Gasteiger partial charge on any atom is -0.360 e. The fraction of sp³-hybridized carbons (Fsp3) is 0.333. The van der Waals surface area contributed by atoms with Crippen LogP contribution in [-0.4, -0.2) is 47.4 Å². The van der Waals surface area contributed by atoms with E-state index in [1.54, 1.807) is 31.5 Å². The number of hydrogen-bond donors (Lipinski definition) is 3. The molecule has 1 saturated heterocycles. The number of nitrogens with one attached hydrogen (secondary N) is 3. The minimum absolute atomic E-state index is 0.0882. The van der Waals surface area contributed by atoms with Crippen molar-refractivity contribution in [2.75, 3.05) is 31.7 Å². The van der Waals surface area contributed by atoms with Crippen LogP contribution in [0.4, 0.5) is 19.1 Å². The lowest BCUT2D eigenvalue weighted by atomic mass is 10.1. The molecule has 10 heteroatoms. The van der Waals surface area contributed by atoms with Crippen molar-refractivity contribution < 1.29 is 17.7 Å². The van der Waals surface area contributed by atoms with Crippen LogP contribution in [0.1, 0.15) is 5.56 Å².